The Hall–Kier alpha value is -2.63. The van der Waals surface area contributed by atoms with E-state index in [-0.39, 0.29) is 21.8 Å². The highest BCUT2D eigenvalue weighted by Gasteiger charge is 2.33. The van der Waals surface area contributed by atoms with Gasteiger partial charge >= 0.3 is 6.03 Å². The summed E-state index contributed by atoms with van der Waals surface area (Å²) in [5, 5.41) is 4.19. The zero-order chi connectivity index (χ0) is 25.8. The van der Waals surface area contributed by atoms with Crippen molar-refractivity contribution >= 4 is 91.1 Å². The van der Waals surface area contributed by atoms with Gasteiger partial charge in [-0.25, -0.2) is 14.6 Å². The van der Waals surface area contributed by atoms with Gasteiger partial charge in [-0.05, 0) is 87.8 Å². The van der Waals surface area contributed by atoms with Crippen LogP contribution in [0.3, 0.4) is 0 Å². The second-order valence-corrected chi connectivity index (χ2v) is 10.7. The fourth-order valence-corrected chi connectivity index (χ4v) is 5.00. The van der Waals surface area contributed by atoms with Gasteiger partial charge in [0.1, 0.15) is 18.2 Å². The lowest BCUT2D eigenvalue weighted by Gasteiger charge is -2.16. The van der Waals surface area contributed by atoms with Crippen molar-refractivity contribution in [3.8, 4) is 5.75 Å². The van der Waals surface area contributed by atoms with E-state index in [0.717, 1.165) is 27.9 Å². The zero-order valence-corrected chi connectivity index (χ0v) is 22.8. The van der Waals surface area contributed by atoms with Crippen LogP contribution in [-0.2, 0) is 11.4 Å². The van der Waals surface area contributed by atoms with Crippen LogP contribution in [0.2, 0.25) is 10.0 Å². The number of ether oxygens (including phenoxy) is 1. The molecule has 0 unspecified atom stereocenters. The van der Waals surface area contributed by atoms with Gasteiger partial charge in [-0.15, -0.1) is 0 Å². The van der Waals surface area contributed by atoms with Crippen molar-refractivity contribution < 1.29 is 18.7 Å². The second kappa shape index (κ2) is 11.6. The summed E-state index contributed by atoms with van der Waals surface area (Å²) in [7, 11) is 0. The average Bonchev–Trinajstić information content (AvgIpc) is 3.09. The summed E-state index contributed by atoms with van der Waals surface area (Å²) in [5.41, 5.74) is 4.38. The molecule has 0 bridgehead atoms. The number of benzene rings is 3. The number of carbonyl (C=O) groups is 2. The van der Waals surface area contributed by atoms with Crippen LogP contribution in [0.5, 0.6) is 5.75 Å². The summed E-state index contributed by atoms with van der Waals surface area (Å²) in [6, 6.07) is 15.3. The number of thiocarbonyl (C=S) groups is 1. The molecule has 0 atom stereocenters. The number of anilines is 1. The van der Waals surface area contributed by atoms with E-state index < -0.39 is 11.9 Å². The van der Waals surface area contributed by atoms with Gasteiger partial charge < -0.3 is 10.1 Å². The predicted molar refractivity (Wildman–Crippen MR) is 149 cm³/mol. The van der Waals surface area contributed by atoms with E-state index in [2.05, 4.69) is 26.7 Å². The number of amides is 3. The highest BCUT2D eigenvalue weighted by atomic mass is 79.9. The third kappa shape index (κ3) is 6.57. The highest BCUT2D eigenvalue weighted by molar-refractivity contribution is 9.10. The van der Waals surface area contributed by atoms with Crippen molar-refractivity contribution in [3.05, 3.63) is 97.0 Å². The van der Waals surface area contributed by atoms with Gasteiger partial charge in [0, 0.05) is 5.69 Å². The van der Waals surface area contributed by atoms with E-state index in [4.69, 9.17) is 40.2 Å². The Morgan fingerprint density at radius 3 is 2.56 bits per heavy atom. The van der Waals surface area contributed by atoms with Gasteiger partial charge in [0.05, 0.1) is 19.4 Å². The molecule has 6 nitrogen and oxygen atoms in total. The maximum absolute atomic E-state index is 13.1. The Balaban J connectivity index is 1.39. The molecule has 12 heteroatoms. The molecule has 0 spiro atoms. The molecule has 1 aliphatic rings. The summed E-state index contributed by atoms with van der Waals surface area (Å²) in [6.45, 7) is 0.271. The lowest BCUT2D eigenvalue weighted by atomic mass is 10.2. The SMILES string of the molecule is O=C(Nc1ccc(Cl)c(Cl)c1)NN1C(=O)/C(=C/c2ccc(OCc3ccc(F)cc3)c(Br)c2)SC1=S. The van der Waals surface area contributed by atoms with Crippen molar-refractivity contribution in [2.75, 3.05) is 5.32 Å². The number of thioether (sulfide) groups is 1. The largest absolute Gasteiger partial charge is 0.488 e. The summed E-state index contributed by atoms with van der Waals surface area (Å²) in [4.78, 5) is 25.5. The molecule has 3 amide bonds. The zero-order valence-electron chi connectivity index (χ0n) is 18.1. The Morgan fingerprint density at radius 2 is 1.86 bits per heavy atom. The summed E-state index contributed by atoms with van der Waals surface area (Å²) in [6.07, 6.45) is 1.66. The molecule has 2 N–H and O–H groups in total. The Morgan fingerprint density at radius 1 is 1.11 bits per heavy atom. The minimum atomic E-state index is -0.670. The molecule has 4 rings (SSSR count). The van der Waals surface area contributed by atoms with Gasteiger partial charge in [0.25, 0.3) is 5.91 Å². The van der Waals surface area contributed by atoms with Gasteiger partial charge in [-0.3, -0.25) is 4.79 Å². The monoisotopic (exact) mass is 625 g/mol. The molecule has 1 aliphatic heterocycles. The fraction of sp³-hybridized carbons (Fsp3) is 0.0417. The minimum absolute atomic E-state index is 0.175. The molecular weight excluding hydrogens is 612 g/mol. The molecule has 0 aliphatic carbocycles. The first kappa shape index (κ1) is 26.4. The smallest absolute Gasteiger partial charge is 0.338 e. The molecule has 3 aromatic rings. The third-order valence-corrected chi connectivity index (χ3v) is 7.41. The van der Waals surface area contributed by atoms with Crippen LogP contribution in [-0.4, -0.2) is 21.3 Å². The number of hydrogen-bond donors (Lipinski definition) is 2. The minimum Gasteiger partial charge on any atom is -0.488 e. The summed E-state index contributed by atoms with van der Waals surface area (Å²) < 4.78 is 19.7. The maximum atomic E-state index is 13.1. The second-order valence-electron chi connectivity index (χ2n) is 7.32. The number of hydrogen-bond acceptors (Lipinski definition) is 5. The van der Waals surface area contributed by atoms with E-state index in [1.54, 1.807) is 48.5 Å². The standard InChI is InChI=1S/C24H15BrCl2FN3O3S2/c25-17-9-14(3-8-20(17)34-12-13-1-4-15(28)5-2-13)10-21-22(32)31(24(35)36-21)30-23(33)29-16-6-7-18(26)19(27)11-16/h1-11H,12H2,(H2,29,30,33)/b21-10-. The molecule has 36 heavy (non-hydrogen) atoms. The van der Waals surface area contributed by atoms with Crippen molar-refractivity contribution in [3.63, 3.8) is 0 Å². The van der Waals surface area contributed by atoms with Gasteiger partial charge in [-0.2, -0.15) is 5.01 Å². The van der Waals surface area contributed by atoms with E-state index in [0.29, 0.717) is 25.8 Å². The molecule has 0 saturated carbocycles. The van der Waals surface area contributed by atoms with Crippen molar-refractivity contribution in [2.45, 2.75) is 6.61 Å². The average molecular weight is 627 g/mol. The molecular formula is C24H15BrCl2FN3O3S2. The van der Waals surface area contributed by atoms with Crippen LogP contribution < -0.4 is 15.5 Å². The summed E-state index contributed by atoms with van der Waals surface area (Å²) >= 11 is 21.6. The number of nitrogens with zero attached hydrogens (tertiary/aromatic N) is 1. The first-order valence-electron chi connectivity index (χ1n) is 10.2. The van der Waals surface area contributed by atoms with Crippen LogP contribution >= 0.6 is 63.1 Å². The van der Waals surface area contributed by atoms with E-state index in [1.165, 1.54) is 18.2 Å². The molecule has 1 heterocycles. The van der Waals surface area contributed by atoms with Crippen LogP contribution in [0.25, 0.3) is 6.08 Å². The third-order valence-electron chi connectivity index (χ3n) is 4.75. The van der Waals surface area contributed by atoms with Crippen LogP contribution in [0.15, 0.2) is 70.0 Å². The van der Waals surface area contributed by atoms with Crippen LogP contribution in [0.4, 0.5) is 14.9 Å². The molecule has 0 aromatic heterocycles. The Kier molecular flexibility index (Phi) is 8.53. The topological polar surface area (TPSA) is 70.7 Å². The van der Waals surface area contributed by atoms with Gasteiger partial charge in [-0.1, -0.05) is 53.2 Å². The number of hydrazine groups is 1. The molecule has 184 valence electrons. The number of halogens is 4. The number of carbonyl (C=O) groups excluding carboxylic acids is 2. The lowest BCUT2D eigenvalue weighted by Crippen LogP contribution is -2.46. The Labute approximate surface area is 233 Å². The first-order valence-corrected chi connectivity index (χ1v) is 12.9. The molecule has 1 saturated heterocycles. The van der Waals surface area contributed by atoms with Gasteiger partial charge in [0.15, 0.2) is 4.32 Å². The number of nitrogens with one attached hydrogen (secondary N) is 2. The fourth-order valence-electron chi connectivity index (χ4n) is 3.02. The van der Waals surface area contributed by atoms with E-state index >= 15 is 0 Å². The normalized spacial score (nSPS) is 14.3. The van der Waals surface area contributed by atoms with Crippen molar-refractivity contribution in [2.24, 2.45) is 0 Å². The lowest BCUT2D eigenvalue weighted by molar-refractivity contribution is -0.123. The predicted octanol–water partition coefficient (Wildman–Crippen LogP) is 7.41. The number of rotatable bonds is 6. The molecule has 3 aromatic carbocycles. The molecule has 0 radical (unpaired) electrons. The van der Waals surface area contributed by atoms with Crippen LogP contribution in [0.1, 0.15) is 11.1 Å². The Bertz CT molecular complexity index is 1390. The van der Waals surface area contributed by atoms with Gasteiger partial charge in [0.2, 0.25) is 0 Å². The highest BCUT2D eigenvalue weighted by Crippen LogP contribution is 2.33. The molecule has 1 fully saturated rings. The van der Waals surface area contributed by atoms with E-state index in [9.17, 15) is 14.0 Å². The quantitative estimate of drug-likeness (QED) is 0.220. The van der Waals surface area contributed by atoms with Crippen LogP contribution in [0, 0.1) is 5.82 Å². The summed E-state index contributed by atoms with van der Waals surface area (Å²) in [5.74, 6) is -0.191. The number of urea groups is 1. The van der Waals surface area contributed by atoms with Crippen molar-refractivity contribution in [1.29, 1.82) is 0 Å². The van der Waals surface area contributed by atoms with E-state index in [1.807, 2.05) is 0 Å². The first-order chi connectivity index (χ1) is 17.2. The maximum Gasteiger partial charge on any atom is 0.338 e. The van der Waals surface area contributed by atoms with Crippen molar-refractivity contribution in [1.82, 2.24) is 10.4 Å².